The fourth-order valence-electron chi connectivity index (χ4n) is 4.87. The first-order valence-electron chi connectivity index (χ1n) is 13.5. The van der Waals surface area contributed by atoms with Gasteiger partial charge in [0, 0.05) is 31.7 Å². The Bertz CT molecular complexity index is 1690. The molecule has 0 fully saturated rings. The van der Waals surface area contributed by atoms with Crippen LogP contribution in [0.1, 0.15) is 19.4 Å². The Morgan fingerprint density at radius 2 is 1.57 bits per heavy atom. The second kappa shape index (κ2) is 13.1. The maximum atomic E-state index is 5.97. The first kappa shape index (κ1) is 29.9. The number of hydrogen-bond acceptors (Lipinski definition) is 3. The summed E-state index contributed by atoms with van der Waals surface area (Å²) in [6.45, 7) is 4.57. The minimum Gasteiger partial charge on any atom is -0.501 e. The van der Waals surface area contributed by atoms with Gasteiger partial charge in [0.2, 0.25) is 0 Å². The van der Waals surface area contributed by atoms with Crippen molar-refractivity contribution in [2.24, 2.45) is 5.92 Å². The van der Waals surface area contributed by atoms with E-state index in [1.165, 1.54) is 5.56 Å². The van der Waals surface area contributed by atoms with E-state index < -0.39 is 13.3 Å². The summed E-state index contributed by atoms with van der Waals surface area (Å²) in [6.07, 6.45) is 5.05. The molecule has 0 N–H and O–H groups in total. The Morgan fingerprint density at radius 3 is 2.27 bits per heavy atom. The number of nitrogens with zero attached hydrogens (tertiary/aromatic N) is 2. The Morgan fingerprint density at radius 1 is 0.800 bits per heavy atom. The number of aromatic nitrogens is 2. The van der Waals surface area contributed by atoms with Gasteiger partial charge in [0.25, 0.3) is 0 Å². The molecular formula is C35H34GeIrN2O-2. The van der Waals surface area contributed by atoms with Crippen molar-refractivity contribution in [1.29, 1.82) is 0 Å². The van der Waals surface area contributed by atoms with Gasteiger partial charge in [0.05, 0.1) is 5.58 Å². The van der Waals surface area contributed by atoms with Crippen molar-refractivity contribution in [3.63, 3.8) is 0 Å². The van der Waals surface area contributed by atoms with Crippen molar-refractivity contribution in [2.75, 3.05) is 0 Å². The van der Waals surface area contributed by atoms with Gasteiger partial charge < -0.3 is 9.40 Å². The molecule has 0 unspecified atom stereocenters. The van der Waals surface area contributed by atoms with Crippen LogP contribution < -0.4 is 4.40 Å². The van der Waals surface area contributed by atoms with Gasteiger partial charge in [-0.3, -0.25) is 0 Å². The first-order chi connectivity index (χ1) is 18.8. The average molecular weight is 763 g/mol. The molecule has 3 aromatic heterocycles. The van der Waals surface area contributed by atoms with E-state index in [9.17, 15) is 0 Å². The van der Waals surface area contributed by atoms with Crippen LogP contribution in [0.3, 0.4) is 0 Å². The molecule has 6 aromatic rings. The van der Waals surface area contributed by atoms with Crippen LogP contribution in [0.5, 0.6) is 0 Å². The fourth-order valence-corrected chi connectivity index (χ4v) is 8.21. The number of fused-ring (bicyclic) bond motifs is 3. The zero-order valence-corrected chi connectivity index (χ0v) is 28.2. The molecule has 0 aliphatic heterocycles. The largest absolute Gasteiger partial charge is 0.501 e. The van der Waals surface area contributed by atoms with Crippen molar-refractivity contribution in [1.82, 2.24) is 9.97 Å². The summed E-state index contributed by atoms with van der Waals surface area (Å²) in [4.78, 5) is 9.08. The Kier molecular flexibility index (Phi) is 9.78. The minimum atomic E-state index is -1.86. The predicted octanol–water partition coefficient (Wildman–Crippen LogP) is 8.74. The number of benzene rings is 3. The van der Waals surface area contributed by atoms with Crippen LogP contribution in [0.25, 0.3) is 44.5 Å². The third-order valence-electron chi connectivity index (χ3n) is 6.67. The summed E-state index contributed by atoms with van der Waals surface area (Å²) >= 11 is -1.86. The molecule has 0 spiro atoms. The van der Waals surface area contributed by atoms with Crippen LogP contribution in [-0.4, -0.2) is 23.2 Å². The van der Waals surface area contributed by atoms with E-state index in [2.05, 4.69) is 72.6 Å². The summed E-state index contributed by atoms with van der Waals surface area (Å²) in [5, 5.41) is 2.23. The Balaban J connectivity index is 0.000000180. The van der Waals surface area contributed by atoms with Gasteiger partial charge in [-0.25, -0.2) is 0 Å². The zero-order valence-electron chi connectivity index (χ0n) is 23.7. The van der Waals surface area contributed by atoms with Gasteiger partial charge in [0.15, 0.2) is 0 Å². The Hall–Kier alpha value is -3.05. The number of furan rings is 1. The van der Waals surface area contributed by atoms with E-state index in [0.29, 0.717) is 5.92 Å². The first-order valence-corrected chi connectivity index (χ1v) is 20.9. The third kappa shape index (κ3) is 6.80. The molecule has 0 saturated heterocycles. The van der Waals surface area contributed by atoms with Crippen molar-refractivity contribution < 1.29 is 24.5 Å². The van der Waals surface area contributed by atoms with E-state index >= 15 is 0 Å². The van der Waals surface area contributed by atoms with Gasteiger partial charge in [-0.2, -0.15) is 0 Å². The van der Waals surface area contributed by atoms with Crippen molar-refractivity contribution in [3.8, 4) is 22.5 Å². The second-order valence-corrected chi connectivity index (χ2v) is 21.8. The molecule has 3 aromatic carbocycles. The number of hydrogen-bond donors (Lipinski definition) is 0. The molecule has 0 amide bonds. The summed E-state index contributed by atoms with van der Waals surface area (Å²) in [5.41, 5.74) is 7.18. The summed E-state index contributed by atoms with van der Waals surface area (Å²) in [6, 6.07) is 34.7. The molecule has 3 heterocycles. The molecule has 0 atom stereocenters. The van der Waals surface area contributed by atoms with Crippen LogP contribution in [0.2, 0.25) is 17.3 Å². The number of para-hydroxylation sites is 1. The maximum Gasteiger partial charge on any atom is 0.120 e. The SMILES string of the molecule is CC(C)Cc1cc(-c2[c-]cccc2)nc[c]1[Ge]([CH3])([CH3])[CH3].[Ir].[c-]1ccc2c(oc3ccccc32)c1-c1ccccn1. The molecule has 40 heavy (non-hydrogen) atoms. The summed E-state index contributed by atoms with van der Waals surface area (Å²) in [5.74, 6) is 7.99. The van der Waals surface area contributed by atoms with Gasteiger partial charge in [-0.05, 0) is 17.8 Å². The molecule has 6 rings (SSSR count). The average Bonchev–Trinajstić information content (AvgIpc) is 3.32. The topological polar surface area (TPSA) is 38.9 Å². The smallest absolute Gasteiger partial charge is 0.120 e. The zero-order chi connectivity index (χ0) is 27.4. The van der Waals surface area contributed by atoms with Gasteiger partial charge in [-0.1, -0.05) is 41.3 Å². The molecule has 0 bridgehead atoms. The van der Waals surface area contributed by atoms with E-state index in [1.54, 1.807) is 10.6 Å². The quantitative estimate of drug-likeness (QED) is 0.130. The molecule has 0 aliphatic rings. The van der Waals surface area contributed by atoms with Crippen molar-refractivity contribution >= 4 is 39.6 Å². The summed E-state index contributed by atoms with van der Waals surface area (Å²) < 4.78 is 7.51. The molecule has 0 saturated carbocycles. The van der Waals surface area contributed by atoms with Crippen LogP contribution in [-0.2, 0) is 26.5 Å². The van der Waals surface area contributed by atoms with Crippen LogP contribution >= 0.6 is 0 Å². The Labute approximate surface area is 253 Å². The van der Waals surface area contributed by atoms with Gasteiger partial charge in [-0.15, -0.1) is 18.2 Å². The molecule has 3 nitrogen and oxygen atoms in total. The maximum absolute atomic E-state index is 5.97. The number of pyridine rings is 2. The molecule has 1 radical (unpaired) electrons. The monoisotopic (exact) mass is 765 g/mol. The second-order valence-electron chi connectivity index (χ2n) is 11.3. The number of rotatable bonds is 5. The van der Waals surface area contributed by atoms with Gasteiger partial charge >= 0.3 is 126 Å². The fraction of sp³-hybridized carbons (Fsp3) is 0.200. The van der Waals surface area contributed by atoms with E-state index in [-0.39, 0.29) is 20.1 Å². The van der Waals surface area contributed by atoms with Crippen LogP contribution in [0, 0.1) is 18.1 Å². The van der Waals surface area contributed by atoms with E-state index in [1.807, 2.05) is 66.7 Å². The summed E-state index contributed by atoms with van der Waals surface area (Å²) in [7, 11) is 0. The van der Waals surface area contributed by atoms with E-state index in [4.69, 9.17) is 9.40 Å². The van der Waals surface area contributed by atoms with Crippen LogP contribution in [0.15, 0.2) is 102 Å². The molecule has 205 valence electrons. The van der Waals surface area contributed by atoms with E-state index in [0.717, 1.165) is 50.9 Å². The molecule has 5 heteroatoms. The van der Waals surface area contributed by atoms with Crippen molar-refractivity contribution in [3.05, 3.63) is 115 Å². The van der Waals surface area contributed by atoms with Crippen molar-refractivity contribution in [2.45, 2.75) is 37.5 Å². The van der Waals surface area contributed by atoms with Gasteiger partial charge in [0.1, 0.15) is 5.58 Å². The predicted molar refractivity (Wildman–Crippen MR) is 166 cm³/mol. The normalized spacial score (nSPS) is 11.2. The minimum absolute atomic E-state index is 0. The standard InChI is InChI=1S/C18H24GeN.C17H10NO.Ir/c1-14(2)11-16-12-18(15-9-7-6-8-10-15)20-13-17(16)19(3,4)5;1-2-10-16-12(6-1)13-7-5-8-14(17(13)19-16)15-9-3-4-11-18-15;/h6-9,12-14H,11H2,1-5H3;1-7,9-11H;/q2*-1;. The third-order valence-corrected chi connectivity index (χ3v) is 11.0. The molecule has 0 aliphatic carbocycles. The molecular weight excluding hydrogens is 729 g/mol. The van der Waals surface area contributed by atoms with Crippen LogP contribution in [0.4, 0.5) is 0 Å².